The molecule has 0 heterocycles. The SMILES string of the molecule is Cc1ccc(C(=O)NNC(=S)NCCSc2ccc(Cl)cc2)c(C)c1. The van der Waals surface area contributed by atoms with Crippen molar-refractivity contribution in [2.75, 3.05) is 12.3 Å². The molecule has 2 aromatic rings. The molecule has 7 heteroatoms. The van der Waals surface area contributed by atoms with E-state index in [2.05, 4.69) is 16.2 Å². The standard InChI is InChI=1S/C18H20ClN3OS2/c1-12-3-8-16(13(2)11-12)17(23)21-22-18(24)20-9-10-25-15-6-4-14(19)5-7-15/h3-8,11H,9-10H2,1-2H3,(H,21,23)(H2,20,22,24). The fourth-order valence-corrected chi connectivity index (χ4v) is 3.21. The molecule has 25 heavy (non-hydrogen) atoms. The Morgan fingerprint density at radius 3 is 2.52 bits per heavy atom. The third-order valence-electron chi connectivity index (χ3n) is 3.39. The number of aryl methyl sites for hydroxylation is 2. The maximum Gasteiger partial charge on any atom is 0.269 e. The summed E-state index contributed by atoms with van der Waals surface area (Å²) in [6.45, 7) is 4.58. The van der Waals surface area contributed by atoms with Gasteiger partial charge in [-0.15, -0.1) is 11.8 Å². The Labute approximate surface area is 162 Å². The molecule has 0 aliphatic heterocycles. The minimum absolute atomic E-state index is 0.211. The molecular formula is C18H20ClN3OS2. The zero-order chi connectivity index (χ0) is 18.2. The molecule has 0 aliphatic rings. The van der Waals surface area contributed by atoms with Crippen LogP contribution in [0.1, 0.15) is 21.5 Å². The van der Waals surface area contributed by atoms with Crippen molar-refractivity contribution in [2.24, 2.45) is 0 Å². The highest BCUT2D eigenvalue weighted by Crippen LogP contribution is 2.19. The first kappa shape index (κ1) is 19.6. The van der Waals surface area contributed by atoms with Crippen LogP contribution in [-0.4, -0.2) is 23.3 Å². The number of nitrogens with one attached hydrogen (secondary N) is 3. The lowest BCUT2D eigenvalue weighted by Gasteiger charge is -2.12. The van der Waals surface area contributed by atoms with E-state index in [1.807, 2.05) is 50.2 Å². The van der Waals surface area contributed by atoms with Crippen molar-refractivity contribution < 1.29 is 4.79 Å². The van der Waals surface area contributed by atoms with Gasteiger partial charge < -0.3 is 5.32 Å². The molecule has 3 N–H and O–H groups in total. The Morgan fingerprint density at radius 2 is 1.84 bits per heavy atom. The van der Waals surface area contributed by atoms with E-state index in [0.29, 0.717) is 17.2 Å². The lowest BCUT2D eigenvalue weighted by molar-refractivity contribution is 0.0943. The summed E-state index contributed by atoms with van der Waals surface area (Å²) in [6.07, 6.45) is 0. The minimum Gasteiger partial charge on any atom is -0.361 e. The number of hydrogen-bond acceptors (Lipinski definition) is 3. The van der Waals surface area contributed by atoms with Crippen LogP contribution in [0.5, 0.6) is 0 Å². The third kappa shape index (κ3) is 6.57. The van der Waals surface area contributed by atoms with Crippen LogP contribution in [0.2, 0.25) is 5.02 Å². The second kappa shape index (κ2) is 9.65. The summed E-state index contributed by atoms with van der Waals surface area (Å²) in [6, 6.07) is 13.4. The zero-order valence-electron chi connectivity index (χ0n) is 14.1. The molecule has 4 nitrogen and oxygen atoms in total. The van der Waals surface area contributed by atoms with Crippen LogP contribution < -0.4 is 16.2 Å². The second-order valence-electron chi connectivity index (χ2n) is 5.46. The fraction of sp³-hybridized carbons (Fsp3) is 0.222. The van der Waals surface area contributed by atoms with Gasteiger partial charge in [-0.1, -0.05) is 29.3 Å². The molecule has 1 amide bonds. The molecule has 0 bridgehead atoms. The first-order valence-corrected chi connectivity index (χ1v) is 9.52. The number of carbonyl (C=O) groups is 1. The van der Waals surface area contributed by atoms with Crippen molar-refractivity contribution in [1.29, 1.82) is 0 Å². The Bertz CT molecular complexity index is 750. The van der Waals surface area contributed by atoms with Crippen LogP contribution >= 0.6 is 35.6 Å². The summed E-state index contributed by atoms with van der Waals surface area (Å²) in [7, 11) is 0. The van der Waals surface area contributed by atoms with Gasteiger partial charge in [-0.05, 0) is 62.0 Å². The predicted octanol–water partition coefficient (Wildman–Crippen LogP) is 3.86. The van der Waals surface area contributed by atoms with E-state index in [1.165, 1.54) is 0 Å². The maximum atomic E-state index is 12.1. The molecule has 0 atom stereocenters. The van der Waals surface area contributed by atoms with Crippen LogP contribution in [0.15, 0.2) is 47.4 Å². The summed E-state index contributed by atoms with van der Waals surface area (Å²) in [5.41, 5.74) is 8.01. The predicted molar refractivity (Wildman–Crippen MR) is 109 cm³/mol. The zero-order valence-corrected chi connectivity index (χ0v) is 16.4. The van der Waals surface area contributed by atoms with Crippen molar-refractivity contribution in [3.63, 3.8) is 0 Å². The van der Waals surface area contributed by atoms with Crippen molar-refractivity contribution in [3.8, 4) is 0 Å². The maximum absolute atomic E-state index is 12.1. The van der Waals surface area contributed by atoms with Gasteiger partial charge in [0.05, 0.1) is 0 Å². The lowest BCUT2D eigenvalue weighted by atomic mass is 10.1. The van der Waals surface area contributed by atoms with Crippen LogP contribution in [0.4, 0.5) is 0 Å². The van der Waals surface area contributed by atoms with Crippen molar-refractivity contribution in [3.05, 3.63) is 64.2 Å². The number of thiocarbonyl (C=S) groups is 1. The normalized spacial score (nSPS) is 10.2. The number of hydrazine groups is 1. The summed E-state index contributed by atoms with van der Waals surface area (Å²) >= 11 is 12.7. The average molecular weight is 394 g/mol. The molecule has 0 saturated carbocycles. The summed E-state index contributed by atoms with van der Waals surface area (Å²) in [4.78, 5) is 13.3. The smallest absolute Gasteiger partial charge is 0.269 e. The van der Waals surface area contributed by atoms with Gasteiger partial charge in [-0.3, -0.25) is 15.6 Å². The van der Waals surface area contributed by atoms with E-state index in [4.69, 9.17) is 23.8 Å². The fourth-order valence-electron chi connectivity index (χ4n) is 2.16. The van der Waals surface area contributed by atoms with E-state index in [0.717, 1.165) is 26.8 Å². The number of benzene rings is 2. The Hall–Kier alpha value is -1.76. The molecule has 0 saturated heterocycles. The number of carbonyl (C=O) groups excluding carboxylic acids is 1. The minimum atomic E-state index is -0.211. The van der Waals surface area contributed by atoms with Gasteiger partial charge in [-0.25, -0.2) is 0 Å². The largest absolute Gasteiger partial charge is 0.361 e. The van der Waals surface area contributed by atoms with Gasteiger partial charge in [0.1, 0.15) is 0 Å². The van der Waals surface area contributed by atoms with Crippen LogP contribution in [-0.2, 0) is 0 Å². The highest BCUT2D eigenvalue weighted by Gasteiger charge is 2.08. The monoisotopic (exact) mass is 393 g/mol. The molecular weight excluding hydrogens is 374 g/mol. The molecule has 0 aromatic heterocycles. The number of amides is 1. The van der Waals surface area contributed by atoms with Crippen molar-refractivity contribution in [2.45, 2.75) is 18.7 Å². The van der Waals surface area contributed by atoms with Crippen LogP contribution in [0, 0.1) is 13.8 Å². The van der Waals surface area contributed by atoms with Gasteiger partial charge in [0.25, 0.3) is 5.91 Å². The lowest BCUT2D eigenvalue weighted by Crippen LogP contribution is -2.47. The quantitative estimate of drug-likeness (QED) is 0.312. The average Bonchev–Trinajstić information content (AvgIpc) is 2.58. The molecule has 0 unspecified atom stereocenters. The second-order valence-corrected chi connectivity index (χ2v) is 7.47. The number of hydrogen-bond donors (Lipinski definition) is 3. The van der Waals surface area contributed by atoms with E-state index < -0.39 is 0 Å². The molecule has 2 aromatic carbocycles. The summed E-state index contributed by atoms with van der Waals surface area (Å²) in [5, 5.41) is 4.17. The number of rotatable bonds is 5. The number of thioether (sulfide) groups is 1. The number of halogens is 1. The molecule has 0 radical (unpaired) electrons. The Kier molecular flexibility index (Phi) is 7.55. The molecule has 0 fully saturated rings. The van der Waals surface area contributed by atoms with Crippen LogP contribution in [0.3, 0.4) is 0 Å². The van der Waals surface area contributed by atoms with Gasteiger partial charge in [0, 0.05) is 27.8 Å². The van der Waals surface area contributed by atoms with Gasteiger partial charge in [0.2, 0.25) is 0 Å². The highest BCUT2D eigenvalue weighted by atomic mass is 35.5. The van der Waals surface area contributed by atoms with E-state index >= 15 is 0 Å². The van der Waals surface area contributed by atoms with Crippen LogP contribution in [0.25, 0.3) is 0 Å². The van der Waals surface area contributed by atoms with Gasteiger partial charge in [0.15, 0.2) is 5.11 Å². The van der Waals surface area contributed by atoms with Crippen molar-refractivity contribution in [1.82, 2.24) is 16.2 Å². The first-order valence-electron chi connectivity index (χ1n) is 7.75. The summed E-state index contributed by atoms with van der Waals surface area (Å²) in [5.74, 6) is 0.631. The third-order valence-corrected chi connectivity index (χ3v) is 4.90. The Balaban J connectivity index is 1.68. The van der Waals surface area contributed by atoms with Crippen molar-refractivity contribution >= 4 is 46.6 Å². The summed E-state index contributed by atoms with van der Waals surface area (Å²) < 4.78 is 0. The molecule has 0 spiro atoms. The van der Waals surface area contributed by atoms with E-state index in [1.54, 1.807) is 17.8 Å². The highest BCUT2D eigenvalue weighted by molar-refractivity contribution is 7.99. The Morgan fingerprint density at radius 1 is 1.12 bits per heavy atom. The van der Waals surface area contributed by atoms with E-state index in [-0.39, 0.29) is 5.91 Å². The van der Waals surface area contributed by atoms with Gasteiger partial charge >= 0.3 is 0 Å². The van der Waals surface area contributed by atoms with Gasteiger partial charge in [-0.2, -0.15) is 0 Å². The molecule has 0 aliphatic carbocycles. The topological polar surface area (TPSA) is 53.2 Å². The van der Waals surface area contributed by atoms with E-state index in [9.17, 15) is 4.79 Å². The first-order chi connectivity index (χ1) is 12.0. The molecule has 132 valence electrons. The molecule has 2 rings (SSSR count).